The quantitative estimate of drug-likeness (QED) is 0.669. The first-order valence-corrected chi connectivity index (χ1v) is 5.40. The Bertz CT molecular complexity index is 234. The van der Waals surface area contributed by atoms with E-state index in [0.717, 1.165) is 12.8 Å². The summed E-state index contributed by atoms with van der Waals surface area (Å²) in [5.74, 6) is 0.590. The number of hydrogen-bond acceptors (Lipinski definition) is 1. The van der Waals surface area contributed by atoms with Crippen molar-refractivity contribution in [3.63, 3.8) is 0 Å². The van der Waals surface area contributed by atoms with Crippen molar-refractivity contribution in [3.8, 4) is 0 Å². The largest absolute Gasteiger partial charge is 0.385 e. The maximum atomic E-state index is 10.1. The monoisotopic (exact) mass is 194 g/mol. The van der Waals surface area contributed by atoms with Gasteiger partial charge in [0.2, 0.25) is 0 Å². The average Bonchev–Trinajstić information content (AvgIpc) is 2.03. The molecule has 0 heterocycles. The van der Waals surface area contributed by atoms with Crippen molar-refractivity contribution in [2.45, 2.75) is 45.6 Å². The molecule has 1 heteroatoms. The second-order valence-electron chi connectivity index (χ2n) is 5.47. The Hall–Kier alpha value is -0.560. The molecular formula is C13H22O. The van der Waals surface area contributed by atoms with Crippen LogP contribution in [0.4, 0.5) is 0 Å². The summed E-state index contributed by atoms with van der Waals surface area (Å²) in [6.07, 6.45) is 8.53. The molecule has 0 amide bonds. The zero-order valence-corrected chi connectivity index (χ0v) is 9.59. The summed E-state index contributed by atoms with van der Waals surface area (Å²) in [7, 11) is 0. The lowest BCUT2D eigenvalue weighted by Crippen LogP contribution is -2.32. The molecule has 14 heavy (non-hydrogen) atoms. The van der Waals surface area contributed by atoms with E-state index in [1.165, 1.54) is 0 Å². The van der Waals surface area contributed by atoms with Gasteiger partial charge in [-0.2, -0.15) is 0 Å². The van der Waals surface area contributed by atoms with Gasteiger partial charge in [0.15, 0.2) is 0 Å². The minimum atomic E-state index is -0.622. The molecule has 0 aromatic carbocycles. The molecule has 1 aliphatic carbocycles. The van der Waals surface area contributed by atoms with Gasteiger partial charge in [0.25, 0.3) is 0 Å². The second-order valence-corrected chi connectivity index (χ2v) is 5.47. The molecule has 80 valence electrons. The number of aliphatic hydroxyl groups is 1. The number of allylic oxidation sites excluding steroid dienone is 1. The summed E-state index contributed by atoms with van der Waals surface area (Å²) in [5, 5.41) is 10.1. The first kappa shape index (κ1) is 11.5. The molecule has 0 saturated carbocycles. The maximum absolute atomic E-state index is 10.1. The van der Waals surface area contributed by atoms with Gasteiger partial charge in [-0.1, -0.05) is 39.0 Å². The third-order valence-electron chi connectivity index (χ3n) is 3.14. The lowest BCUT2D eigenvalue weighted by Gasteiger charge is -2.36. The van der Waals surface area contributed by atoms with E-state index in [4.69, 9.17) is 0 Å². The molecule has 1 aliphatic rings. The summed E-state index contributed by atoms with van der Waals surface area (Å²) in [6, 6.07) is 0. The normalized spacial score (nSPS) is 33.0. The zero-order valence-electron chi connectivity index (χ0n) is 9.59. The van der Waals surface area contributed by atoms with Crippen LogP contribution in [0.2, 0.25) is 0 Å². The molecule has 1 nitrogen and oxygen atoms in total. The van der Waals surface area contributed by atoms with Gasteiger partial charge in [-0.25, -0.2) is 0 Å². The molecule has 0 bridgehead atoms. The molecule has 0 aromatic rings. The Morgan fingerprint density at radius 1 is 1.57 bits per heavy atom. The van der Waals surface area contributed by atoms with Crippen LogP contribution in [-0.4, -0.2) is 10.7 Å². The fraction of sp³-hybridized carbons (Fsp3) is 0.692. The Balaban J connectivity index is 2.68. The van der Waals surface area contributed by atoms with E-state index in [0.29, 0.717) is 17.8 Å². The predicted octanol–water partition coefficient (Wildman–Crippen LogP) is 3.31. The summed E-state index contributed by atoms with van der Waals surface area (Å²) in [6.45, 7) is 10.4. The first-order valence-electron chi connectivity index (χ1n) is 5.40. The van der Waals surface area contributed by atoms with Crippen molar-refractivity contribution in [1.82, 2.24) is 0 Å². The highest BCUT2D eigenvalue weighted by atomic mass is 16.3. The van der Waals surface area contributed by atoms with Crippen LogP contribution in [-0.2, 0) is 0 Å². The van der Waals surface area contributed by atoms with Crippen LogP contribution >= 0.6 is 0 Å². The minimum absolute atomic E-state index is 0.312. The third-order valence-corrected chi connectivity index (χ3v) is 3.14. The van der Waals surface area contributed by atoms with Crippen LogP contribution in [0.5, 0.6) is 0 Å². The molecule has 0 aliphatic heterocycles. The lowest BCUT2D eigenvalue weighted by molar-refractivity contribution is 0.0620. The molecule has 0 saturated heterocycles. The van der Waals surface area contributed by atoms with Crippen LogP contribution < -0.4 is 0 Å². The zero-order chi connectivity index (χ0) is 10.8. The van der Waals surface area contributed by atoms with Crippen molar-refractivity contribution in [3.05, 3.63) is 24.8 Å². The van der Waals surface area contributed by atoms with Gasteiger partial charge in [0.1, 0.15) is 0 Å². The average molecular weight is 194 g/mol. The van der Waals surface area contributed by atoms with Crippen molar-refractivity contribution >= 4 is 0 Å². The van der Waals surface area contributed by atoms with E-state index in [1.807, 2.05) is 6.08 Å². The van der Waals surface area contributed by atoms with Crippen molar-refractivity contribution in [2.75, 3.05) is 0 Å². The topological polar surface area (TPSA) is 20.2 Å². The SMILES string of the molecule is C=CC[C@@]1(O)C=C[C@@H](C(C)(C)C)CC1. The van der Waals surface area contributed by atoms with Gasteiger partial charge >= 0.3 is 0 Å². The molecule has 1 rings (SSSR count). The lowest BCUT2D eigenvalue weighted by atomic mass is 9.72. The van der Waals surface area contributed by atoms with Crippen LogP contribution in [0, 0.1) is 11.3 Å². The summed E-state index contributed by atoms with van der Waals surface area (Å²) < 4.78 is 0. The Morgan fingerprint density at radius 2 is 2.21 bits per heavy atom. The second kappa shape index (κ2) is 3.90. The fourth-order valence-corrected chi connectivity index (χ4v) is 2.02. The van der Waals surface area contributed by atoms with Crippen LogP contribution in [0.1, 0.15) is 40.0 Å². The highest BCUT2D eigenvalue weighted by molar-refractivity contribution is 5.11. The summed E-state index contributed by atoms with van der Waals surface area (Å²) >= 11 is 0. The molecule has 2 atom stereocenters. The van der Waals surface area contributed by atoms with Gasteiger partial charge in [0, 0.05) is 0 Å². The van der Waals surface area contributed by atoms with E-state index in [9.17, 15) is 5.11 Å². The molecule has 1 N–H and O–H groups in total. The van der Waals surface area contributed by atoms with Crippen molar-refractivity contribution in [2.24, 2.45) is 11.3 Å². The van der Waals surface area contributed by atoms with E-state index < -0.39 is 5.60 Å². The summed E-state index contributed by atoms with van der Waals surface area (Å²) in [5.41, 5.74) is -0.310. The summed E-state index contributed by atoms with van der Waals surface area (Å²) in [4.78, 5) is 0. The molecule has 0 spiro atoms. The van der Waals surface area contributed by atoms with Gasteiger partial charge in [-0.15, -0.1) is 6.58 Å². The smallest absolute Gasteiger partial charge is 0.0862 e. The van der Waals surface area contributed by atoms with E-state index >= 15 is 0 Å². The maximum Gasteiger partial charge on any atom is 0.0862 e. The molecular weight excluding hydrogens is 172 g/mol. The molecule has 0 aromatic heterocycles. The third kappa shape index (κ3) is 2.71. The molecule has 0 unspecified atom stereocenters. The van der Waals surface area contributed by atoms with E-state index in [1.54, 1.807) is 6.08 Å². The Morgan fingerprint density at radius 3 is 2.57 bits per heavy atom. The number of rotatable bonds is 2. The fourth-order valence-electron chi connectivity index (χ4n) is 2.02. The highest BCUT2D eigenvalue weighted by Crippen LogP contribution is 2.37. The minimum Gasteiger partial charge on any atom is -0.385 e. The van der Waals surface area contributed by atoms with E-state index in [-0.39, 0.29) is 0 Å². The van der Waals surface area contributed by atoms with Crippen LogP contribution in [0.15, 0.2) is 24.8 Å². The van der Waals surface area contributed by atoms with Crippen molar-refractivity contribution < 1.29 is 5.11 Å². The van der Waals surface area contributed by atoms with E-state index in [2.05, 4.69) is 33.4 Å². The number of hydrogen-bond donors (Lipinski definition) is 1. The highest BCUT2D eigenvalue weighted by Gasteiger charge is 2.31. The first-order chi connectivity index (χ1) is 6.37. The standard InChI is InChI=1S/C13H22O/c1-5-8-13(14)9-6-11(7-10-13)12(2,3)4/h5-6,9,11,14H,1,7-8,10H2,2-4H3/t11-,13-/m1/s1. The van der Waals surface area contributed by atoms with Crippen molar-refractivity contribution in [1.29, 1.82) is 0 Å². The van der Waals surface area contributed by atoms with Gasteiger partial charge in [-0.3, -0.25) is 0 Å². The Kier molecular flexibility index (Phi) is 3.20. The molecule has 0 fully saturated rings. The molecule has 0 radical (unpaired) electrons. The van der Waals surface area contributed by atoms with Gasteiger partial charge < -0.3 is 5.11 Å². The predicted molar refractivity (Wildman–Crippen MR) is 61.1 cm³/mol. The van der Waals surface area contributed by atoms with Crippen LogP contribution in [0.3, 0.4) is 0 Å². The van der Waals surface area contributed by atoms with Gasteiger partial charge in [-0.05, 0) is 30.6 Å². The Labute approximate surface area is 87.5 Å². The van der Waals surface area contributed by atoms with Gasteiger partial charge in [0.05, 0.1) is 5.60 Å². The van der Waals surface area contributed by atoms with Crippen LogP contribution in [0.25, 0.3) is 0 Å².